The molecular formula is C41H49ClN4O2. The number of carbonyl (C=O) groups excluding carboxylic acids is 1. The molecule has 5 rings (SSSR count). The van der Waals surface area contributed by atoms with E-state index in [0.29, 0.717) is 46.7 Å². The zero-order valence-electron chi connectivity index (χ0n) is 28.8. The fourth-order valence-electron chi connectivity index (χ4n) is 6.61. The summed E-state index contributed by atoms with van der Waals surface area (Å²) < 4.78 is 6.20. The van der Waals surface area contributed by atoms with E-state index in [0.717, 1.165) is 49.4 Å². The van der Waals surface area contributed by atoms with E-state index in [2.05, 4.69) is 73.6 Å². The Morgan fingerprint density at radius 2 is 1.73 bits per heavy atom. The highest BCUT2D eigenvalue weighted by atomic mass is 35.5. The van der Waals surface area contributed by atoms with Crippen molar-refractivity contribution in [3.8, 4) is 17.4 Å². The summed E-state index contributed by atoms with van der Waals surface area (Å²) >= 11 is 6.62. The van der Waals surface area contributed by atoms with Crippen LogP contribution in [0.3, 0.4) is 0 Å². The largest absolute Gasteiger partial charge is 0.460 e. The van der Waals surface area contributed by atoms with Crippen LogP contribution in [0.25, 0.3) is 11.3 Å². The van der Waals surface area contributed by atoms with E-state index in [-0.39, 0.29) is 18.0 Å². The molecule has 0 aliphatic carbocycles. The minimum atomic E-state index is -0.187. The van der Waals surface area contributed by atoms with E-state index in [1.54, 1.807) is 6.07 Å². The van der Waals surface area contributed by atoms with Gasteiger partial charge >= 0.3 is 0 Å². The van der Waals surface area contributed by atoms with Gasteiger partial charge in [-0.3, -0.25) is 4.79 Å². The highest BCUT2D eigenvalue weighted by Gasteiger charge is 2.23. The van der Waals surface area contributed by atoms with Crippen molar-refractivity contribution in [2.24, 2.45) is 11.8 Å². The molecule has 1 aromatic heterocycles. The Labute approximate surface area is 291 Å². The van der Waals surface area contributed by atoms with Crippen molar-refractivity contribution in [3.63, 3.8) is 0 Å². The van der Waals surface area contributed by atoms with Crippen molar-refractivity contribution in [1.29, 1.82) is 5.26 Å². The van der Waals surface area contributed by atoms with Gasteiger partial charge < -0.3 is 20.0 Å². The monoisotopic (exact) mass is 664 g/mol. The SMILES string of the molecule is Cc1ccc([C@@H](C)NCc2ccc(-c3ccc(Cl)c(C(=O)N[C@@H](CCC4CCN(CC(C)C)CC4)Cc4ccc(C#N)cc4)c3)o2)cc1. The van der Waals surface area contributed by atoms with Gasteiger partial charge in [-0.05, 0) is 124 Å². The van der Waals surface area contributed by atoms with Crippen molar-refractivity contribution in [2.75, 3.05) is 19.6 Å². The summed E-state index contributed by atoms with van der Waals surface area (Å²) in [4.78, 5) is 16.4. The third-order valence-corrected chi connectivity index (χ3v) is 9.80. The average molecular weight is 665 g/mol. The molecule has 1 amide bonds. The predicted molar refractivity (Wildman–Crippen MR) is 195 cm³/mol. The summed E-state index contributed by atoms with van der Waals surface area (Å²) in [5.41, 5.74) is 5.44. The van der Waals surface area contributed by atoms with Gasteiger partial charge in [-0.15, -0.1) is 0 Å². The van der Waals surface area contributed by atoms with Crippen molar-refractivity contribution < 1.29 is 9.21 Å². The van der Waals surface area contributed by atoms with Gasteiger partial charge in [0, 0.05) is 24.2 Å². The number of benzene rings is 3. The Morgan fingerprint density at radius 1 is 1.00 bits per heavy atom. The lowest BCUT2D eigenvalue weighted by Gasteiger charge is -2.33. The van der Waals surface area contributed by atoms with Gasteiger partial charge in [0.2, 0.25) is 0 Å². The van der Waals surface area contributed by atoms with Crippen LogP contribution in [0, 0.1) is 30.1 Å². The van der Waals surface area contributed by atoms with E-state index in [4.69, 9.17) is 16.0 Å². The van der Waals surface area contributed by atoms with E-state index in [1.165, 1.54) is 24.0 Å². The van der Waals surface area contributed by atoms with Crippen LogP contribution in [0.15, 0.2) is 83.3 Å². The first-order valence-corrected chi connectivity index (χ1v) is 17.8. The number of hydrogen-bond donors (Lipinski definition) is 2. The number of piperidine rings is 1. The molecule has 2 N–H and O–H groups in total. The second-order valence-corrected chi connectivity index (χ2v) is 14.3. The molecule has 1 fully saturated rings. The van der Waals surface area contributed by atoms with Crippen LogP contribution >= 0.6 is 11.6 Å². The van der Waals surface area contributed by atoms with Gasteiger partial charge in [0.25, 0.3) is 5.91 Å². The normalized spacial score (nSPS) is 15.3. The van der Waals surface area contributed by atoms with E-state index >= 15 is 0 Å². The second kappa shape index (κ2) is 17.0. The lowest BCUT2D eigenvalue weighted by atomic mass is 9.89. The van der Waals surface area contributed by atoms with E-state index in [1.807, 2.05) is 48.5 Å². The Bertz CT molecular complexity index is 1660. The second-order valence-electron chi connectivity index (χ2n) is 13.9. The minimum Gasteiger partial charge on any atom is -0.460 e. The Balaban J connectivity index is 1.24. The number of amides is 1. The molecule has 3 aromatic carbocycles. The number of carbonyl (C=O) groups is 1. The van der Waals surface area contributed by atoms with Crippen LogP contribution in [-0.2, 0) is 13.0 Å². The van der Waals surface area contributed by atoms with Crippen LogP contribution in [-0.4, -0.2) is 36.5 Å². The molecule has 2 atom stereocenters. The molecule has 6 nitrogen and oxygen atoms in total. The van der Waals surface area contributed by atoms with Crippen molar-refractivity contribution in [3.05, 3.63) is 117 Å². The lowest BCUT2D eigenvalue weighted by Crippen LogP contribution is -2.39. The number of likely N-dealkylation sites (tertiary alicyclic amines) is 1. The Morgan fingerprint density at radius 3 is 2.42 bits per heavy atom. The van der Waals surface area contributed by atoms with E-state index < -0.39 is 0 Å². The molecule has 2 heterocycles. The van der Waals surface area contributed by atoms with Gasteiger partial charge in [0.1, 0.15) is 11.5 Å². The molecule has 4 aromatic rings. The fourth-order valence-corrected chi connectivity index (χ4v) is 6.81. The first kappa shape index (κ1) is 35.4. The van der Waals surface area contributed by atoms with Crippen molar-refractivity contribution >= 4 is 17.5 Å². The topological polar surface area (TPSA) is 81.3 Å². The average Bonchev–Trinajstić information content (AvgIpc) is 3.56. The minimum absolute atomic E-state index is 0.0596. The smallest absolute Gasteiger partial charge is 0.253 e. The maximum absolute atomic E-state index is 13.8. The molecule has 0 unspecified atom stereocenters. The summed E-state index contributed by atoms with van der Waals surface area (Å²) in [7, 11) is 0. The zero-order chi connectivity index (χ0) is 34.0. The summed E-state index contributed by atoms with van der Waals surface area (Å²) in [5, 5.41) is 16.5. The summed E-state index contributed by atoms with van der Waals surface area (Å²) in [6.45, 7) is 12.8. The van der Waals surface area contributed by atoms with Crippen LogP contribution in [0.2, 0.25) is 5.02 Å². The van der Waals surface area contributed by atoms with Crippen LogP contribution < -0.4 is 10.6 Å². The lowest BCUT2D eigenvalue weighted by molar-refractivity contribution is 0.0931. The maximum Gasteiger partial charge on any atom is 0.253 e. The Kier molecular flexibility index (Phi) is 12.5. The molecular weight excluding hydrogens is 616 g/mol. The summed E-state index contributed by atoms with van der Waals surface area (Å²) in [6.07, 6.45) is 5.04. The van der Waals surface area contributed by atoms with Gasteiger partial charge in [-0.1, -0.05) is 67.4 Å². The van der Waals surface area contributed by atoms with Crippen molar-refractivity contribution in [1.82, 2.24) is 15.5 Å². The number of halogens is 1. The fraction of sp³-hybridized carbons (Fsp3) is 0.415. The molecule has 0 spiro atoms. The number of nitrogens with one attached hydrogen (secondary N) is 2. The third-order valence-electron chi connectivity index (χ3n) is 9.47. The van der Waals surface area contributed by atoms with Crippen LogP contribution in [0.1, 0.15) is 90.9 Å². The summed E-state index contributed by atoms with van der Waals surface area (Å²) in [6, 6.07) is 27.9. The third kappa shape index (κ3) is 10.1. The molecule has 0 radical (unpaired) electrons. The number of nitrogens with zero attached hydrogens (tertiary/aromatic N) is 2. The molecule has 1 aliphatic rings. The van der Waals surface area contributed by atoms with Gasteiger partial charge in [-0.25, -0.2) is 0 Å². The standard InChI is InChI=1S/C41H49ClN4O2/c1-28(2)27-46-21-19-31(20-22-46)11-15-36(23-32-7-9-33(25-43)10-8-32)45-41(47)38-24-35(14-17-39(38)42)40-18-16-37(48-40)26-44-30(4)34-12-5-29(3)6-13-34/h5-10,12-14,16-18,24,28,30-31,36,44H,11,15,19-23,26-27H2,1-4H3,(H,45,47)/t30-,36+/m1/s1. The first-order chi connectivity index (χ1) is 23.2. The number of hydrogen-bond acceptors (Lipinski definition) is 5. The zero-order valence-corrected chi connectivity index (χ0v) is 29.5. The van der Waals surface area contributed by atoms with Crippen molar-refractivity contribution in [2.45, 2.75) is 78.4 Å². The molecule has 1 aliphatic heterocycles. The summed E-state index contributed by atoms with van der Waals surface area (Å²) in [5.74, 6) is 2.67. The molecule has 7 heteroatoms. The van der Waals surface area contributed by atoms with Crippen LogP contribution in [0.4, 0.5) is 0 Å². The molecule has 1 saturated heterocycles. The van der Waals surface area contributed by atoms with E-state index in [9.17, 15) is 10.1 Å². The molecule has 48 heavy (non-hydrogen) atoms. The maximum atomic E-state index is 13.8. The van der Waals surface area contributed by atoms with Crippen LogP contribution in [0.5, 0.6) is 0 Å². The number of rotatable bonds is 14. The first-order valence-electron chi connectivity index (χ1n) is 17.4. The number of nitriles is 1. The van der Waals surface area contributed by atoms with Gasteiger partial charge in [-0.2, -0.15) is 5.26 Å². The quantitative estimate of drug-likeness (QED) is 0.141. The number of aryl methyl sites for hydroxylation is 1. The number of furan rings is 1. The Hall–Kier alpha value is -3.89. The predicted octanol–water partition coefficient (Wildman–Crippen LogP) is 9.12. The van der Waals surface area contributed by atoms with Gasteiger partial charge in [0.05, 0.1) is 28.8 Å². The highest BCUT2D eigenvalue weighted by molar-refractivity contribution is 6.34. The highest BCUT2D eigenvalue weighted by Crippen LogP contribution is 2.29. The molecule has 252 valence electrons. The van der Waals surface area contributed by atoms with Gasteiger partial charge in [0.15, 0.2) is 0 Å². The molecule has 0 saturated carbocycles. The molecule has 0 bridgehead atoms.